The molecule has 4 nitrogen and oxygen atoms in total. The highest BCUT2D eigenvalue weighted by Crippen LogP contribution is 2.30. The summed E-state index contributed by atoms with van der Waals surface area (Å²) in [6.07, 6.45) is 2.49. The van der Waals surface area contributed by atoms with E-state index in [2.05, 4.69) is 4.98 Å². The molecule has 0 radical (unpaired) electrons. The molecule has 0 atom stereocenters. The summed E-state index contributed by atoms with van der Waals surface area (Å²) in [6, 6.07) is 12.5. The van der Waals surface area contributed by atoms with Gasteiger partial charge in [-0.1, -0.05) is 17.7 Å². The maximum Gasteiger partial charge on any atom is 0.161 e. The maximum atomic E-state index is 10.8. The number of aldehydes is 1. The van der Waals surface area contributed by atoms with E-state index in [0.29, 0.717) is 28.7 Å². The molecule has 3 aromatic rings. The minimum atomic E-state index is 0.321. The van der Waals surface area contributed by atoms with Gasteiger partial charge in [-0.25, -0.2) is 0 Å². The van der Waals surface area contributed by atoms with Crippen LogP contribution in [0.3, 0.4) is 0 Å². The fraction of sp³-hybridized carbons (Fsp3) is 0.111. The topological polar surface area (TPSA) is 48.4 Å². The van der Waals surface area contributed by atoms with Crippen molar-refractivity contribution in [1.82, 2.24) is 4.98 Å². The van der Waals surface area contributed by atoms with Gasteiger partial charge in [0.25, 0.3) is 0 Å². The molecule has 0 unspecified atom stereocenters. The highest BCUT2D eigenvalue weighted by molar-refractivity contribution is 6.35. The molecule has 0 aliphatic rings. The summed E-state index contributed by atoms with van der Waals surface area (Å²) >= 11 is 6.19. The predicted molar refractivity (Wildman–Crippen MR) is 89.5 cm³/mol. The quantitative estimate of drug-likeness (QED) is 0.656. The molecule has 5 heteroatoms. The first-order valence-corrected chi connectivity index (χ1v) is 7.39. The smallest absolute Gasteiger partial charge is 0.161 e. The third-order valence-corrected chi connectivity index (χ3v) is 3.84. The third-order valence-electron chi connectivity index (χ3n) is 3.51. The molecule has 0 bridgehead atoms. The molecular weight excluding hydrogens is 314 g/mol. The van der Waals surface area contributed by atoms with E-state index in [-0.39, 0.29) is 0 Å². The van der Waals surface area contributed by atoms with E-state index in [1.165, 1.54) is 7.11 Å². The van der Waals surface area contributed by atoms with Crippen LogP contribution in [0.2, 0.25) is 5.02 Å². The first kappa shape index (κ1) is 15.3. The Kier molecular flexibility index (Phi) is 4.44. The molecule has 116 valence electrons. The first-order valence-electron chi connectivity index (χ1n) is 7.01. The normalized spacial score (nSPS) is 10.5. The van der Waals surface area contributed by atoms with E-state index in [9.17, 15) is 4.79 Å². The standard InChI is InChI=1S/C18H14ClNO3/c1-22-17-9-12(10-21)4-7-16(17)23-11-13-5-6-15(19)14-3-2-8-20-18(13)14/h2-10H,11H2,1H3. The lowest BCUT2D eigenvalue weighted by Gasteiger charge is -2.12. The summed E-state index contributed by atoms with van der Waals surface area (Å²) in [6.45, 7) is 0.321. The van der Waals surface area contributed by atoms with Crippen LogP contribution in [0, 0.1) is 0 Å². The molecule has 1 heterocycles. The van der Waals surface area contributed by atoms with E-state index in [1.807, 2.05) is 24.3 Å². The maximum absolute atomic E-state index is 10.8. The van der Waals surface area contributed by atoms with Gasteiger partial charge in [0.15, 0.2) is 11.5 Å². The predicted octanol–water partition coefficient (Wildman–Crippen LogP) is 4.29. The Morgan fingerprint density at radius 3 is 2.83 bits per heavy atom. The number of hydrogen-bond acceptors (Lipinski definition) is 4. The monoisotopic (exact) mass is 327 g/mol. The van der Waals surface area contributed by atoms with Crippen molar-refractivity contribution in [3.63, 3.8) is 0 Å². The van der Waals surface area contributed by atoms with Crippen LogP contribution >= 0.6 is 11.6 Å². The van der Waals surface area contributed by atoms with Crippen molar-refractivity contribution >= 4 is 28.8 Å². The van der Waals surface area contributed by atoms with Crippen LogP contribution in [0.5, 0.6) is 11.5 Å². The summed E-state index contributed by atoms with van der Waals surface area (Å²) in [7, 11) is 1.54. The lowest BCUT2D eigenvalue weighted by Crippen LogP contribution is -2.00. The van der Waals surface area contributed by atoms with Gasteiger partial charge in [0.05, 0.1) is 12.6 Å². The Morgan fingerprint density at radius 1 is 1.17 bits per heavy atom. The number of rotatable bonds is 5. The fourth-order valence-corrected chi connectivity index (χ4v) is 2.56. The Morgan fingerprint density at radius 2 is 2.04 bits per heavy atom. The molecule has 0 amide bonds. The number of methoxy groups -OCH3 is 1. The summed E-state index contributed by atoms with van der Waals surface area (Å²) in [5.41, 5.74) is 2.27. The molecule has 1 aromatic heterocycles. The number of carbonyl (C=O) groups is 1. The lowest BCUT2D eigenvalue weighted by atomic mass is 10.1. The molecular formula is C18H14ClNO3. The molecule has 0 aliphatic heterocycles. The molecule has 0 saturated heterocycles. The number of benzene rings is 2. The third kappa shape index (κ3) is 3.12. The highest BCUT2D eigenvalue weighted by atomic mass is 35.5. The number of fused-ring (bicyclic) bond motifs is 1. The second-order valence-electron chi connectivity index (χ2n) is 4.92. The van der Waals surface area contributed by atoms with Crippen molar-refractivity contribution in [3.05, 3.63) is 64.8 Å². The van der Waals surface area contributed by atoms with E-state index < -0.39 is 0 Å². The molecule has 0 N–H and O–H groups in total. The number of nitrogens with zero attached hydrogens (tertiary/aromatic N) is 1. The van der Waals surface area contributed by atoms with Crippen molar-refractivity contribution in [3.8, 4) is 11.5 Å². The molecule has 0 aliphatic carbocycles. The minimum Gasteiger partial charge on any atom is -0.493 e. The van der Waals surface area contributed by atoms with Gasteiger partial charge in [-0.05, 0) is 36.4 Å². The van der Waals surface area contributed by atoms with Gasteiger partial charge in [0.1, 0.15) is 12.9 Å². The fourth-order valence-electron chi connectivity index (χ4n) is 2.35. The summed E-state index contributed by atoms with van der Waals surface area (Å²) < 4.78 is 11.1. The van der Waals surface area contributed by atoms with Crippen LogP contribution in [-0.2, 0) is 6.61 Å². The van der Waals surface area contributed by atoms with Gasteiger partial charge in [-0.2, -0.15) is 0 Å². The number of pyridine rings is 1. The number of halogens is 1. The number of aromatic nitrogens is 1. The molecule has 2 aromatic carbocycles. The number of hydrogen-bond donors (Lipinski definition) is 0. The van der Waals surface area contributed by atoms with Gasteiger partial charge in [-0.15, -0.1) is 0 Å². The van der Waals surface area contributed by atoms with Crippen molar-refractivity contribution in [2.75, 3.05) is 7.11 Å². The van der Waals surface area contributed by atoms with Gasteiger partial charge < -0.3 is 9.47 Å². The van der Waals surface area contributed by atoms with E-state index in [4.69, 9.17) is 21.1 Å². The highest BCUT2D eigenvalue weighted by Gasteiger charge is 2.09. The average Bonchev–Trinajstić information content (AvgIpc) is 2.61. The van der Waals surface area contributed by atoms with Crippen LogP contribution in [-0.4, -0.2) is 18.4 Å². The van der Waals surface area contributed by atoms with Crippen LogP contribution in [0.4, 0.5) is 0 Å². The number of carbonyl (C=O) groups excluding carboxylic acids is 1. The average molecular weight is 328 g/mol. The first-order chi connectivity index (χ1) is 11.2. The molecule has 3 rings (SSSR count). The van der Waals surface area contributed by atoms with Crippen LogP contribution in [0.1, 0.15) is 15.9 Å². The van der Waals surface area contributed by atoms with Crippen LogP contribution in [0.15, 0.2) is 48.7 Å². The SMILES string of the molecule is COc1cc(C=O)ccc1OCc1ccc(Cl)c2cccnc12. The van der Waals surface area contributed by atoms with Gasteiger partial charge in [0, 0.05) is 27.7 Å². The second-order valence-corrected chi connectivity index (χ2v) is 5.33. The Hall–Kier alpha value is -2.59. The summed E-state index contributed by atoms with van der Waals surface area (Å²) in [5, 5.41) is 1.54. The Labute approximate surface area is 138 Å². The van der Waals surface area contributed by atoms with Crippen molar-refractivity contribution in [2.24, 2.45) is 0 Å². The van der Waals surface area contributed by atoms with Crippen molar-refractivity contribution < 1.29 is 14.3 Å². The molecule has 0 saturated carbocycles. The van der Waals surface area contributed by atoms with Crippen molar-refractivity contribution in [2.45, 2.75) is 6.61 Å². The van der Waals surface area contributed by atoms with Gasteiger partial charge >= 0.3 is 0 Å². The van der Waals surface area contributed by atoms with Crippen LogP contribution < -0.4 is 9.47 Å². The molecule has 0 spiro atoms. The van der Waals surface area contributed by atoms with Gasteiger partial charge in [-0.3, -0.25) is 9.78 Å². The van der Waals surface area contributed by atoms with E-state index in [1.54, 1.807) is 24.4 Å². The lowest BCUT2D eigenvalue weighted by molar-refractivity contribution is 0.112. The number of ether oxygens (including phenoxy) is 2. The van der Waals surface area contributed by atoms with Crippen LogP contribution in [0.25, 0.3) is 10.9 Å². The van der Waals surface area contributed by atoms with E-state index >= 15 is 0 Å². The largest absolute Gasteiger partial charge is 0.493 e. The zero-order valence-corrected chi connectivity index (χ0v) is 13.2. The van der Waals surface area contributed by atoms with E-state index in [0.717, 1.165) is 22.8 Å². The zero-order valence-electron chi connectivity index (χ0n) is 12.5. The second kappa shape index (κ2) is 6.67. The Balaban J connectivity index is 1.90. The summed E-state index contributed by atoms with van der Waals surface area (Å²) in [4.78, 5) is 15.2. The van der Waals surface area contributed by atoms with Gasteiger partial charge in [0.2, 0.25) is 0 Å². The van der Waals surface area contributed by atoms with Crippen molar-refractivity contribution in [1.29, 1.82) is 0 Å². The Bertz CT molecular complexity index is 864. The molecule has 0 fully saturated rings. The zero-order chi connectivity index (χ0) is 16.2. The minimum absolute atomic E-state index is 0.321. The summed E-state index contributed by atoms with van der Waals surface area (Å²) in [5.74, 6) is 1.08. The molecule has 23 heavy (non-hydrogen) atoms.